The second-order valence-corrected chi connectivity index (χ2v) is 5.08. The summed E-state index contributed by atoms with van der Waals surface area (Å²) >= 11 is 6.42. The Morgan fingerprint density at radius 1 is 1.45 bits per heavy atom. The summed E-state index contributed by atoms with van der Waals surface area (Å²) in [6.45, 7) is 5.74. The van der Waals surface area contributed by atoms with Crippen molar-refractivity contribution in [3.63, 3.8) is 0 Å². The number of thioether (sulfide) groups is 1. The van der Waals surface area contributed by atoms with Crippen LogP contribution in [-0.4, -0.2) is 16.2 Å². The number of ketones is 1. The van der Waals surface area contributed by atoms with E-state index < -0.39 is 0 Å². The smallest absolute Gasteiger partial charge is 0.143 e. The van der Waals surface area contributed by atoms with Crippen molar-refractivity contribution >= 4 is 34.0 Å². The largest absolute Gasteiger partial charge is 0.299 e. The van der Waals surface area contributed by atoms with Crippen molar-refractivity contribution in [1.82, 2.24) is 0 Å². The molecule has 0 spiro atoms. The van der Waals surface area contributed by atoms with E-state index in [0.717, 1.165) is 4.20 Å². The fourth-order valence-electron chi connectivity index (χ4n) is 0.468. The standard InChI is InChI=1S/C8H14OS2/c1-8(2,3)6(9)5-7(10)11-4/h5H2,1-4H3. The molecule has 0 saturated heterocycles. The van der Waals surface area contributed by atoms with Gasteiger partial charge in [-0.1, -0.05) is 33.0 Å². The van der Waals surface area contributed by atoms with E-state index in [1.807, 2.05) is 27.0 Å². The Kier molecular flexibility index (Phi) is 4.26. The molecule has 3 heteroatoms. The maximum absolute atomic E-state index is 11.3. The van der Waals surface area contributed by atoms with Crippen LogP contribution in [0.1, 0.15) is 27.2 Å². The average Bonchev–Trinajstić information content (AvgIpc) is 1.85. The Hall–Kier alpha value is 0.110. The summed E-state index contributed by atoms with van der Waals surface area (Å²) in [6.07, 6.45) is 2.33. The summed E-state index contributed by atoms with van der Waals surface area (Å²) in [5, 5.41) is 0. The fraction of sp³-hybridized carbons (Fsp3) is 0.750. The molecule has 0 N–H and O–H groups in total. The van der Waals surface area contributed by atoms with Crippen LogP contribution in [0.3, 0.4) is 0 Å². The van der Waals surface area contributed by atoms with E-state index in [1.54, 1.807) is 0 Å². The van der Waals surface area contributed by atoms with Gasteiger partial charge in [0.15, 0.2) is 0 Å². The lowest BCUT2D eigenvalue weighted by molar-refractivity contribution is -0.124. The van der Waals surface area contributed by atoms with Gasteiger partial charge in [-0.3, -0.25) is 4.79 Å². The molecule has 0 bridgehead atoms. The summed E-state index contributed by atoms with van der Waals surface area (Å²) in [7, 11) is 0. The summed E-state index contributed by atoms with van der Waals surface area (Å²) in [5.74, 6) is 0.219. The SMILES string of the molecule is CSC(=S)CC(=O)C(C)(C)C. The fourth-order valence-corrected chi connectivity index (χ4v) is 0.875. The van der Waals surface area contributed by atoms with Crippen LogP contribution in [0.2, 0.25) is 0 Å². The van der Waals surface area contributed by atoms with Crippen molar-refractivity contribution in [3.05, 3.63) is 0 Å². The molecule has 0 fully saturated rings. The van der Waals surface area contributed by atoms with E-state index in [9.17, 15) is 4.79 Å². The average molecular weight is 190 g/mol. The molecule has 11 heavy (non-hydrogen) atoms. The predicted octanol–water partition coefficient (Wildman–Crippen LogP) is 2.68. The lowest BCUT2D eigenvalue weighted by atomic mass is 9.89. The lowest BCUT2D eigenvalue weighted by Crippen LogP contribution is -2.21. The number of hydrogen-bond donors (Lipinski definition) is 0. The first kappa shape index (κ1) is 11.1. The molecule has 0 amide bonds. The number of hydrogen-bond acceptors (Lipinski definition) is 3. The highest BCUT2D eigenvalue weighted by Crippen LogP contribution is 2.18. The highest BCUT2D eigenvalue weighted by atomic mass is 32.2. The number of Topliss-reactive ketones (excluding diaryl/α,β-unsaturated/α-hetero) is 1. The second-order valence-electron chi connectivity index (χ2n) is 3.43. The molecule has 0 rings (SSSR count). The minimum absolute atomic E-state index is 0.219. The van der Waals surface area contributed by atoms with Gasteiger partial charge in [-0.25, -0.2) is 0 Å². The molecule has 0 aliphatic rings. The molecular formula is C8H14OS2. The Bertz CT molecular complexity index is 167. The molecule has 0 radical (unpaired) electrons. The van der Waals surface area contributed by atoms with Gasteiger partial charge in [0.1, 0.15) is 5.78 Å². The molecule has 0 aromatic rings. The molecule has 0 heterocycles. The van der Waals surface area contributed by atoms with Gasteiger partial charge in [0.05, 0.1) is 4.20 Å². The molecule has 0 saturated carbocycles. The van der Waals surface area contributed by atoms with Crippen molar-refractivity contribution < 1.29 is 4.79 Å². The van der Waals surface area contributed by atoms with Crippen molar-refractivity contribution in [2.45, 2.75) is 27.2 Å². The zero-order chi connectivity index (χ0) is 9.07. The molecule has 0 unspecified atom stereocenters. The normalized spacial score (nSPS) is 11.3. The highest BCUT2D eigenvalue weighted by Gasteiger charge is 2.21. The van der Waals surface area contributed by atoms with E-state index in [0.29, 0.717) is 6.42 Å². The minimum Gasteiger partial charge on any atom is -0.299 e. The van der Waals surface area contributed by atoms with Gasteiger partial charge >= 0.3 is 0 Å². The number of thiocarbonyl (C=S) groups is 1. The molecule has 0 atom stereocenters. The molecule has 0 aliphatic carbocycles. The quantitative estimate of drug-likeness (QED) is 0.623. The van der Waals surface area contributed by atoms with E-state index in [2.05, 4.69) is 0 Å². The molecule has 0 aromatic heterocycles. The van der Waals surface area contributed by atoms with E-state index in [-0.39, 0.29) is 11.2 Å². The number of carbonyl (C=O) groups is 1. The van der Waals surface area contributed by atoms with Crippen molar-refractivity contribution in [3.8, 4) is 0 Å². The van der Waals surface area contributed by atoms with E-state index in [1.165, 1.54) is 11.8 Å². The second kappa shape index (κ2) is 4.21. The van der Waals surface area contributed by atoms with Crippen LogP contribution in [0.25, 0.3) is 0 Å². The van der Waals surface area contributed by atoms with Crippen LogP contribution >= 0.6 is 24.0 Å². The highest BCUT2D eigenvalue weighted by molar-refractivity contribution is 8.22. The van der Waals surface area contributed by atoms with Crippen LogP contribution < -0.4 is 0 Å². The van der Waals surface area contributed by atoms with E-state index >= 15 is 0 Å². The van der Waals surface area contributed by atoms with Crippen molar-refractivity contribution in [2.75, 3.05) is 6.26 Å². The Morgan fingerprint density at radius 2 is 1.91 bits per heavy atom. The Labute approximate surface area is 77.9 Å². The van der Waals surface area contributed by atoms with Crippen LogP contribution in [0.15, 0.2) is 0 Å². The molecule has 1 nitrogen and oxygen atoms in total. The minimum atomic E-state index is -0.250. The maximum Gasteiger partial charge on any atom is 0.143 e. The molecule has 0 aliphatic heterocycles. The van der Waals surface area contributed by atoms with Gasteiger partial charge in [0, 0.05) is 11.8 Å². The third kappa shape index (κ3) is 4.53. The summed E-state index contributed by atoms with van der Waals surface area (Å²) in [5.41, 5.74) is -0.250. The van der Waals surface area contributed by atoms with Crippen LogP contribution in [0.4, 0.5) is 0 Å². The summed E-state index contributed by atoms with van der Waals surface area (Å²) in [6, 6.07) is 0. The van der Waals surface area contributed by atoms with Crippen molar-refractivity contribution in [2.24, 2.45) is 5.41 Å². The zero-order valence-electron chi connectivity index (χ0n) is 7.43. The summed E-state index contributed by atoms with van der Waals surface area (Å²) < 4.78 is 0.782. The van der Waals surface area contributed by atoms with Gasteiger partial charge in [-0.05, 0) is 6.26 Å². The zero-order valence-corrected chi connectivity index (χ0v) is 9.06. The Balaban J connectivity index is 3.99. The molecular weight excluding hydrogens is 176 g/mol. The van der Waals surface area contributed by atoms with Crippen molar-refractivity contribution in [1.29, 1.82) is 0 Å². The summed E-state index contributed by atoms with van der Waals surface area (Å²) in [4.78, 5) is 11.3. The van der Waals surface area contributed by atoms with Gasteiger partial charge in [-0.15, -0.1) is 11.8 Å². The third-order valence-electron chi connectivity index (χ3n) is 1.37. The van der Waals surface area contributed by atoms with Gasteiger partial charge in [0.25, 0.3) is 0 Å². The van der Waals surface area contributed by atoms with Crippen LogP contribution in [-0.2, 0) is 4.79 Å². The topological polar surface area (TPSA) is 17.1 Å². The van der Waals surface area contributed by atoms with Crippen LogP contribution in [0.5, 0.6) is 0 Å². The lowest BCUT2D eigenvalue weighted by Gasteiger charge is -2.15. The third-order valence-corrected chi connectivity index (χ3v) is 2.61. The first-order valence-corrected chi connectivity index (χ1v) is 5.11. The molecule has 64 valence electrons. The maximum atomic E-state index is 11.3. The number of carbonyl (C=O) groups excluding carboxylic acids is 1. The first-order chi connectivity index (χ1) is 4.88. The van der Waals surface area contributed by atoms with Gasteiger partial charge < -0.3 is 0 Å². The predicted molar refractivity (Wildman–Crippen MR) is 55.2 cm³/mol. The monoisotopic (exact) mass is 190 g/mol. The van der Waals surface area contributed by atoms with E-state index in [4.69, 9.17) is 12.2 Å². The van der Waals surface area contributed by atoms with Crippen LogP contribution in [0, 0.1) is 5.41 Å². The van der Waals surface area contributed by atoms with Gasteiger partial charge in [-0.2, -0.15) is 0 Å². The van der Waals surface area contributed by atoms with Gasteiger partial charge in [0.2, 0.25) is 0 Å². The number of rotatable bonds is 2. The first-order valence-electron chi connectivity index (χ1n) is 3.48. The Morgan fingerprint density at radius 3 is 2.18 bits per heavy atom. The molecule has 0 aromatic carbocycles.